The smallest absolute Gasteiger partial charge is 0.261 e. The number of nitrogens with zero attached hydrogens (tertiary/aromatic N) is 13. The maximum Gasteiger partial charge on any atom is 0.278 e. The predicted octanol–water partition coefficient (Wildman–Crippen LogP) is 16.0. The lowest BCUT2D eigenvalue weighted by molar-refractivity contribution is -0.659. The first-order chi connectivity index (χ1) is 50.9. The molecule has 7 aromatic rings. The Kier molecular flexibility index (Phi) is 19.9. The van der Waals surface area contributed by atoms with Crippen LogP contribution < -0.4 is 56.8 Å². The molecule has 0 radical (unpaired) electrons. The van der Waals surface area contributed by atoms with Gasteiger partial charge in [-0.15, -0.1) is 0 Å². The average molecular weight is 1470 g/mol. The Morgan fingerprint density at radius 2 is 0.852 bits per heavy atom. The standard InChI is InChI=1S/C17H19N2.2C17H27N2.C16H25N2.C15H23N2.C13H20N3/c1-12-15-11-16(14-8-4-3-7-13(14)15)19(12)17-9-5-6-10-18(17)2;1-13-16(4)10-11-17(5,15(16,2)3)19(13)14-9-7-8-12-18(14)6;1-12-13(2)17(5)11-16(12,4)14(3)19(17)15-9-7-8-10-18(15)6;1-12-10-15(3)11-16(12,4)13(2)18(15)14-8-6-7-9-17(14)5;1-11-12-8-9-13(15(12,2)3)17(11)14-7-5-6-10-16(14)4;1-11-15-9-7-13(2,10-15)16(11)12-6-4-5-8-14(12)3/h3-10,12,15-16H,11H2,1-2H3;7-9,12-13H,10-11H2,1-6H3;7-10,12-14H,11H2,1-6H3;6-9,12-13H,10-11H2,1-5H3;5-7,10-13H,8-9H2,1-4H3;4-6,8,11H,7,9-10H2,1-3H3/q6*+1. The van der Waals surface area contributed by atoms with E-state index < -0.39 is 0 Å². The molecule has 4 saturated carbocycles. The molecule has 0 N–H and O–H groups in total. The van der Waals surface area contributed by atoms with Crippen molar-refractivity contribution in [2.75, 3.05) is 42.5 Å². The average Bonchev–Trinajstić information content (AvgIpc) is 1.51. The predicted molar refractivity (Wildman–Crippen MR) is 443 cm³/mol. The number of pyridine rings is 6. The molecule has 1 aromatic carbocycles. The van der Waals surface area contributed by atoms with Crippen LogP contribution in [0.5, 0.6) is 0 Å². The Hall–Kier alpha value is -7.12. The summed E-state index contributed by atoms with van der Waals surface area (Å²) in [6.45, 7) is 51.2. The van der Waals surface area contributed by atoms with E-state index in [1.54, 1.807) is 5.56 Å². The van der Waals surface area contributed by atoms with Crippen molar-refractivity contribution in [3.63, 3.8) is 0 Å². The quantitative estimate of drug-likeness (QED) is 0.154. The van der Waals surface area contributed by atoms with Crippen LogP contribution in [0.15, 0.2) is 171 Å². The molecule has 13 heterocycles. The van der Waals surface area contributed by atoms with E-state index in [9.17, 15) is 0 Å². The summed E-state index contributed by atoms with van der Waals surface area (Å²) in [6, 6.07) is 52.4. The van der Waals surface area contributed by atoms with Crippen molar-refractivity contribution in [1.82, 2.24) is 4.90 Å². The van der Waals surface area contributed by atoms with Gasteiger partial charge in [-0.1, -0.05) is 130 Å². The van der Waals surface area contributed by atoms with Crippen LogP contribution >= 0.6 is 0 Å². The maximum atomic E-state index is 2.69. The van der Waals surface area contributed by atoms with Crippen molar-refractivity contribution in [1.29, 1.82) is 0 Å². The number of hydrogen-bond acceptors (Lipinski definition) is 7. The van der Waals surface area contributed by atoms with Gasteiger partial charge in [0.05, 0.1) is 104 Å². The highest BCUT2D eigenvalue weighted by atomic mass is 15.5. The zero-order chi connectivity index (χ0) is 77.7. The van der Waals surface area contributed by atoms with Crippen LogP contribution in [0.25, 0.3) is 0 Å². The van der Waals surface area contributed by atoms with Gasteiger partial charge >= 0.3 is 0 Å². The fourth-order valence-electron chi connectivity index (χ4n) is 26.2. The van der Waals surface area contributed by atoms with Gasteiger partial charge in [-0.3, -0.25) is 29.4 Å². The van der Waals surface area contributed by atoms with Crippen LogP contribution in [-0.2, 0) is 42.3 Å². The molecule has 0 spiro atoms. The molecule has 21 unspecified atom stereocenters. The minimum atomic E-state index is 0.264. The number of hydrogen-bond donors (Lipinski definition) is 0. The second-order valence-corrected chi connectivity index (χ2v) is 39.4. The van der Waals surface area contributed by atoms with E-state index in [1.807, 2.05) is 0 Å². The van der Waals surface area contributed by atoms with Gasteiger partial charge in [-0.05, 0) is 167 Å². The highest BCUT2D eigenvalue weighted by molar-refractivity contribution is 5.55. The summed E-state index contributed by atoms with van der Waals surface area (Å²) in [5.74, 6) is 12.1. The number of rotatable bonds is 6. The first-order valence-corrected chi connectivity index (χ1v) is 42.1. The SMILES string of the molecule is CC1C(C)C2(C)CC1(C)C(C)N2c1cccc[n+]1C.CC1C2CC(c3ccccc32)N1c1cccc[n+]1C.CC1C2CCC(N1c1cccc[n+]1C)C2(C)C.CC1CC2(C)CC1(C)C(C)N2c1cccc[n+]1C.CC1N(c2cccc[n+]2C)C2(C)CCC1(C)C2(C)C.CC1N2CCC(C)(C2)N1c1cccc[n+]1C. The zero-order valence-corrected chi connectivity index (χ0v) is 71.8. The van der Waals surface area contributed by atoms with E-state index >= 15 is 0 Å². The van der Waals surface area contributed by atoms with Crippen LogP contribution in [0, 0.1) is 50.7 Å². The minimum absolute atomic E-state index is 0.264. The first kappa shape index (κ1) is 77.6. The molecule has 7 saturated heterocycles. The number of aromatic nitrogens is 6. The Balaban J connectivity index is 0.000000109. The summed E-state index contributed by atoms with van der Waals surface area (Å²) in [5, 5.41) is 0. The van der Waals surface area contributed by atoms with Gasteiger partial charge in [0.1, 0.15) is 46.4 Å². The largest absolute Gasteiger partial charge is 0.278 e. The Morgan fingerprint density at radius 3 is 1.29 bits per heavy atom. The molecular formula is C95H141N13+6. The molecule has 21 atom stereocenters. The van der Waals surface area contributed by atoms with Gasteiger partial charge in [0.25, 0.3) is 34.9 Å². The summed E-state index contributed by atoms with van der Waals surface area (Å²) in [6.07, 6.45) is 25.4. The molecule has 12 aliphatic rings. The van der Waals surface area contributed by atoms with Crippen molar-refractivity contribution >= 4 is 34.9 Å². The highest BCUT2D eigenvalue weighted by Crippen LogP contribution is 2.70. The fourth-order valence-corrected chi connectivity index (χ4v) is 26.2. The second-order valence-electron chi connectivity index (χ2n) is 39.4. The molecule has 5 aliphatic carbocycles. The summed E-state index contributed by atoms with van der Waals surface area (Å²) < 4.78 is 13.5. The molecule has 108 heavy (non-hydrogen) atoms. The third-order valence-corrected chi connectivity index (χ3v) is 33.9. The Morgan fingerprint density at radius 1 is 0.398 bits per heavy atom. The fraction of sp³-hybridized carbons (Fsp3) is 0.621. The summed E-state index contributed by atoms with van der Waals surface area (Å²) in [7, 11) is 12.9. The van der Waals surface area contributed by atoms with Crippen molar-refractivity contribution in [3.05, 3.63) is 182 Å². The molecule has 0 amide bonds. The first-order valence-electron chi connectivity index (χ1n) is 42.1. The lowest BCUT2D eigenvalue weighted by atomic mass is 9.65. The molecular weight excluding hydrogens is 1320 g/mol. The highest BCUT2D eigenvalue weighted by Gasteiger charge is 2.75. The third-order valence-electron chi connectivity index (χ3n) is 33.9. The van der Waals surface area contributed by atoms with Gasteiger partial charge in [-0.25, -0.2) is 32.3 Å². The molecule has 12 bridgehead atoms. The van der Waals surface area contributed by atoms with Crippen LogP contribution in [0.2, 0.25) is 0 Å². The van der Waals surface area contributed by atoms with Crippen molar-refractivity contribution in [2.24, 2.45) is 93.0 Å². The molecule has 580 valence electrons. The number of fused-ring (bicyclic) bond motifs is 15. The molecule has 13 heteroatoms. The minimum Gasteiger partial charge on any atom is -0.261 e. The van der Waals surface area contributed by atoms with Crippen molar-refractivity contribution in [3.8, 4) is 0 Å². The normalized spacial score (nSPS) is 37.8. The second kappa shape index (κ2) is 27.7. The van der Waals surface area contributed by atoms with E-state index in [4.69, 9.17) is 0 Å². The van der Waals surface area contributed by atoms with Gasteiger partial charge < -0.3 is 0 Å². The Labute approximate surface area is 653 Å². The number of piperidine rings is 4. The summed E-state index contributed by atoms with van der Waals surface area (Å²) in [5.41, 5.74) is 6.49. The lowest BCUT2D eigenvalue weighted by Crippen LogP contribution is -2.58. The third kappa shape index (κ3) is 11.8. The molecule has 7 aliphatic heterocycles. The number of anilines is 6. The molecule has 11 fully saturated rings. The topological polar surface area (TPSA) is 46.0 Å². The van der Waals surface area contributed by atoms with E-state index in [2.05, 4.69) is 413 Å². The summed E-state index contributed by atoms with van der Waals surface area (Å²) >= 11 is 0. The van der Waals surface area contributed by atoms with Gasteiger partial charge in [0.15, 0.2) is 0 Å². The van der Waals surface area contributed by atoms with E-state index in [-0.39, 0.29) is 5.54 Å². The van der Waals surface area contributed by atoms with E-state index in [0.29, 0.717) is 92.0 Å². The number of benzene rings is 1. The van der Waals surface area contributed by atoms with E-state index in [0.717, 1.165) is 29.7 Å². The number of aryl methyl sites for hydroxylation is 6. The van der Waals surface area contributed by atoms with Crippen LogP contribution in [0.3, 0.4) is 0 Å². The monoisotopic (exact) mass is 1460 g/mol. The van der Waals surface area contributed by atoms with Crippen LogP contribution in [0.1, 0.15) is 219 Å². The van der Waals surface area contributed by atoms with Crippen LogP contribution in [0.4, 0.5) is 34.9 Å². The maximum absolute atomic E-state index is 2.69. The van der Waals surface area contributed by atoms with Gasteiger partial charge in [0.2, 0.25) is 0 Å². The van der Waals surface area contributed by atoms with Crippen molar-refractivity contribution < 1.29 is 27.4 Å². The van der Waals surface area contributed by atoms with E-state index in [1.165, 1.54) is 111 Å². The van der Waals surface area contributed by atoms with Gasteiger partial charge in [0, 0.05) is 114 Å². The summed E-state index contributed by atoms with van der Waals surface area (Å²) in [4.78, 5) is 18.5. The van der Waals surface area contributed by atoms with Crippen LogP contribution in [-0.4, -0.2) is 82.6 Å². The van der Waals surface area contributed by atoms with Crippen molar-refractivity contribution in [2.45, 2.75) is 273 Å². The lowest BCUT2D eigenvalue weighted by Gasteiger charge is -2.45. The molecule has 13 nitrogen and oxygen atoms in total. The molecule has 6 aromatic heterocycles. The Bertz CT molecular complexity index is 4430. The van der Waals surface area contributed by atoms with Gasteiger partial charge in [-0.2, -0.15) is 0 Å². The molecule has 19 rings (SSSR count). The zero-order valence-electron chi connectivity index (χ0n) is 71.8.